The predicted molar refractivity (Wildman–Crippen MR) is 108 cm³/mol. The Labute approximate surface area is 162 Å². The SMILES string of the molecule is CC(C)Oc1ccccc1N1C(=O)C(SCCO)=C(c2ccccc2)C1=O. The lowest BCUT2D eigenvalue weighted by atomic mass is 10.1. The molecule has 2 amide bonds. The molecule has 2 aromatic carbocycles. The van der Waals surface area contributed by atoms with Crippen molar-refractivity contribution in [1.29, 1.82) is 0 Å². The molecule has 1 aliphatic rings. The van der Waals surface area contributed by atoms with E-state index in [0.29, 0.717) is 33.2 Å². The van der Waals surface area contributed by atoms with Crippen LogP contribution in [-0.4, -0.2) is 35.4 Å². The van der Waals surface area contributed by atoms with E-state index in [2.05, 4.69) is 0 Å². The molecule has 5 nitrogen and oxygen atoms in total. The number of amides is 2. The number of ether oxygens (including phenoxy) is 1. The molecule has 27 heavy (non-hydrogen) atoms. The van der Waals surface area contributed by atoms with Gasteiger partial charge in [-0.1, -0.05) is 42.5 Å². The first kappa shape index (κ1) is 19.2. The van der Waals surface area contributed by atoms with Crippen LogP contribution in [0.4, 0.5) is 5.69 Å². The second-order valence-electron chi connectivity index (χ2n) is 6.22. The molecule has 2 aromatic rings. The Kier molecular flexibility index (Phi) is 5.98. The summed E-state index contributed by atoms with van der Waals surface area (Å²) in [5.41, 5.74) is 1.47. The lowest BCUT2D eigenvalue weighted by Gasteiger charge is -2.20. The largest absolute Gasteiger partial charge is 0.489 e. The zero-order valence-corrected chi connectivity index (χ0v) is 16.0. The molecule has 0 saturated heterocycles. The van der Waals surface area contributed by atoms with Gasteiger partial charge < -0.3 is 9.84 Å². The van der Waals surface area contributed by atoms with Gasteiger partial charge in [0.15, 0.2) is 0 Å². The third kappa shape index (κ3) is 3.91. The molecule has 0 spiro atoms. The third-order valence-electron chi connectivity index (χ3n) is 3.91. The van der Waals surface area contributed by atoms with Crippen molar-refractivity contribution < 1.29 is 19.4 Å². The Balaban J connectivity index is 2.07. The molecular weight excluding hydrogens is 362 g/mol. The number of aliphatic hydroxyl groups is 1. The number of hydrogen-bond acceptors (Lipinski definition) is 5. The van der Waals surface area contributed by atoms with Crippen molar-refractivity contribution in [3.8, 4) is 5.75 Å². The molecule has 0 aliphatic carbocycles. The molecule has 0 fully saturated rings. The number of hydrogen-bond donors (Lipinski definition) is 1. The molecule has 0 atom stereocenters. The van der Waals surface area contributed by atoms with Gasteiger partial charge in [0.1, 0.15) is 5.75 Å². The first-order chi connectivity index (χ1) is 13.0. The van der Waals surface area contributed by atoms with Gasteiger partial charge in [-0.05, 0) is 31.5 Å². The van der Waals surface area contributed by atoms with Crippen molar-refractivity contribution in [3.05, 3.63) is 65.1 Å². The minimum Gasteiger partial charge on any atom is -0.489 e. The molecular formula is C21H21NO4S. The highest BCUT2D eigenvalue weighted by Crippen LogP contribution is 2.41. The molecule has 0 bridgehead atoms. The van der Waals surface area contributed by atoms with Crippen molar-refractivity contribution in [1.82, 2.24) is 0 Å². The van der Waals surface area contributed by atoms with E-state index in [-0.39, 0.29) is 18.6 Å². The predicted octanol–water partition coefficient (Wildman–Crippen LogP) is 3.48. The van der Waals surface area contributed by atoms with Gasteiger partial charge in [0.2, 0.25) is 0 Å². The number of aliphatic hydroxyl groups excluding tert-OH is 1. The second-order valence-corrected chi connectivity index (χ2v) is 7.33. The zero-order chi connectivity index (χ0) is 19.4. The van der Waals surface area contributed by atoms with Crippen LogP contribution in [-0.2, 0) is 9.59 Å². The highest BCUT2D eigenvalue weighted by atomic mass is 32.2. The smallest absolute Gasteiger partial charge is 0.272 e. The number of benzene rings is 2. The summed E-state index contributed by atoms with van der Waals surface area (Å²) in [7, 11) is 0. The summed E-state index contributed by atoms with van der Waals surface area (Å²) < 4.78 is 5.80. The minimum absolute atomic E-state index is 0.0786. The van der Waals surface area contributed by atoms with E-state index in [0.717, 1.165) is 0 Å². The van der Waals surface area contributed by atoms with Crippen LogP contribution in [0.1, 0.15) is 19.4 Å². The summed E-state index contributed by atoms with van der Waals surface area (Å²) in [6.45, 7) is 3.70. The van der Waals surface area contributed by atoms with Crippen LogP contribution in [0.15, 0.2) is 59.5 Å². The first-order valence-electron chi connectivity index (χ1n) is 8.72. The molecule has 0 saturated carbocycles. The maximum Gasteiger partial charge on any atom is 0.272 e. The lowest BCUT2D eigenvalue weighted by Crippen LogP contribution is -2.32. The number of carbonyl (C=O) groups is 2. The number of carbonyl (C=O) groups excluding carboxylic acids is 2. The van der Waals surface area contributed by atoms with Crippen LogP contribution in [0.5, 0.6) is 5.75 Å². The monoisotopic (exact) mass is 383 g/mol. The van der Waals surface area contributed by atoms with Crippen molar-refractivity contribution in [2.45, 2.75) is 20.0 Å². The van der Waals surface area contributed by atoms with Gasteiger partial charge in [-0.2, -0.15) is 0 Å². The Hall–Kier alpha value is -2.57. The van der Waals surface area contributed by atoms with Crippen LogP contribution < -0.4 is 9.64 Å². The zero-order valence-electron chi connectivity index (χ0n) is 15.2. The fourth-order valence-electron chi connectivity index (χ4n) is 2.86. The number of rotatable bonds is 7. The van der Waals surface area contributed by atoms with Gasteiger partial charge in [-0.15, -0.1) is 11.8 Å². The Morgan fingerprint density at radius 1 is 1.00 bits per heavy atom. The molecule has 0 aromatic heterocycles. The van der Waals surface area contributed by atoms with Crippen LogP contribution in [0.25, 0.3) is 5.57 Å². The van der Waals surface area contributed by atoms with Gasteiger partial charge in [0.25, 0.3) is 11.8 Å². The molecule has 3 rings (SSSR count). The van der Waals surface area contributed by atoms with Crippen LogP contribution in [0.3, 0.4) is 0 Å². The van der Waals surface area contributed by atoms with E-state index in [1.165, 1.54) is 16.7 Å². The summed E-state index contributed by atoms with van der Waals surface area (Å²) in [6, 6.07) is 16.1. The van der Waals surface area contributed by atoms with Gasteiger partial charge in [0, 0.05) is 5.75 Å². The van der Waals surface area contributed by atoms with Gasteiger partial charge in [-0.3, -0.25) is 9.59 Å². The normalized spacial score (nSPS) is 14.4. The van der Waals surface area contributed by atoms with Crippen molar-refractivity contribution in [2.24, 2.45) is 0 Å². The van der Waals surface area contributed by atoms with Gasteiger partial charge in [0.05, 0.1) is 28.9 Å². The second kappa shape index (κ2) is 8.41. The Morgan fingerprint density at radius 2 is 1.67 bits per heavy atom. The molecule has 1 N–H and O–H groups in total. The molecule has 6 heteroatoms. The van der Waals surface area contributed by atoms with E-state index in [4.69, 9.17) is 4.74 Å². The van der Waals surface area contributed by atoms with Crippen LogP contribution in [0.2, 0.25) is 0 Å². The molecule has 140 valence electrons. The van der Waals surface area contributed by atoms with E-state index in [1.807, 2.05) is 32.0 Å². The summed E-state index contributed by atoms with van der Waals surface area (Å²) in [6.07, 6.45) is -0.0938. The van der Waals surface area contributed by atoms with Crippen molar-refractivity contribution >= 4 is 34.8 Å². The summed E-state index contributed by atoms with van der Waals surface area (Å²) in [5.74, 6) is 0.0430. The topological polar surface area (TPSA) is 66.8 Å². The summed E-state index contributed by atoms with van der Waals surface area (Å²) in [4.78, 5) is 27.9. The molecule has 1 aliphatic heterocycles. The highest BCUT2D eigenvalue weighted by molar-refractivity contribution is 8.04. The van der Waals surface area contributed by atoms with E-state index in [9.17, 15) is 14.7 Å². The van der Waals surface area contributed by atoms with Crippen molar-refractivity contribution in [2.75, 3.05) is 17.3 Å². The maximum atomic E-state index is 13.2. The van der Waals surface area contributed by atoms with Gasteiger partial charge in [-0.25, -0.2) is 4.90 Å². The number of anilines is 1. The standard InChI is InChI=1S/C21H21NO4S/c1-14(2)26-17-11-7-6-10-16(17)22-20(24)18(15-8-4-3-5-9-15)19(21(22)25)27-13-12-23/h3-11,14,23H,12-13H2,1-2H3. The van der Waals surface area contributed by atoms with E-state index >= 15 is 0 Å². The molecule has 0 radical (unpaired) electrons. The van der Waals surface area contributed by atoms with Crippen LogP contribution in [0, 0.1) is 0 Å². The first-order valence-corrected chi connectivity index (χ1v) is 9.71. The van der Waals surface area contributed by atoms with E-state index in [1.54, 1.807) is 36.4 Å². The third-order valence-corrected chi connectivity index (χ3v) is 4.96. The van der Waals surface area contributed by atoms with E-state index < -0.39 is 5.91 Å². The fraction of sp³-hybridized carbons (Fsp3) is 0.238. The number of nitrogens with zero attached hydrogens (tertiary/aromatic N) is 1. The average molecular weight is 383 g/mol. The van der Waals surface area contributed by atoms with Crippen LogP contribution >= 0.6 is 11.8 Å². The molecule has 1 heterocycles. The molecule has 0 unspecified atom stereocenters. The maximum absolute atomic E-state index is 13.2. The van der Waals surface area contributed by atoms with Crippen molar-refractivity contribution in [3.63, 3.8) is 0 Å². The quantitative estimate of drug-likeness (QED) is 0.742. The number of imide groups is 1. The average Bonchev–Trinajstić information content (AvgIpc) is 2.90. The fourth-order valence-corrected chi connectivity index (χ4v) is 3.72. The number of para-hydroxylation sites is 2. The highest BCUT2D eigenvalue weighted by Gasteiger charge is 2.41. The minimum atomic E-state index is -0.392. The lowest BCUT2D eigenvalue weighted by molar-refractivity contribution is -0.119. The Bertz CT molecular complexity index is 877. The summed E-state index contributed by atoms with van der Waals surface area (Å²) in [5, 5.41) is 9.19. The Morgan fingerprint density at radius 3 is 2.33 bits per heavy atom. The van der Waals surface area contributed by atoms with Gasteiger partial charge >= 0.3 is 0 Å². The number of thioether (sulfide) groups is 1. The summed E-state index contributed by atoms with van der Waals surface area (Å²) >= 11 is 1.19.